The van der Waals surface area contributed by atoms with E-state index in [1.54, 1.807) is 6.20 Å². The number of fused-ring (bicyclic) bond motifs is 1. The first kappa shape index (κ1) is 16.7. The summed E-state index contributed by atoms with van der Waals surface area (Å²) >= 11 is 0. The molecule has 1 aliphatic heterocycles. The zero-order chi connectivity index (χ0) is 17.6. The maximum Gasteiger partial charge on any atom is 0.0494 e. The molecule has 4 rings (SSSR count). The molecule has 2 heterocycles. The Morgan fingerprint density at radius 2 is 1.68 bits per heavy atom. The van der Waals surface area contributed by atoms with Crippen molar-refractivity contribution in [1.29, 1.82) is 0 Å². The normalized spacial score (nSPS) is 14.0. The highest BCUT2D eigenvalue weighted by Crippen LogP contribution is 2.40. The van der Waals surface area contributed by atoms with E-state index in [2.05, 4.69) is 90.6 Å². The van der Waals surface area contributed by atoms with Gasteiger partial charge >= 0.3 is 0 Å². The van der Waals surface area contributed by atoms with E-state index in [4.69, 9.17) is 0 Å². The number of hydrogen-bond acceptors (Lipinski definition) is 2. The third-order valence-electron chi connectivity index (χ3n) is 4.34. The Kier molecular flexibility index (Phi) is 5.10. The maximum atomic E-state index is 4.20. The molecule has 0 atom stereocenters. The van der Waals surface area contributed by atoms with Crippen molar-refractivity contribution < 1.29 is 0 Å². The van der Waals surface area contributed by atoms with Gasteiger partial charge < -0.3 is 4.90 Å². The predicted octanol–water partition coefficient (Wildman–Crippen LogP) is 6.15. The molecule has 0 unspecified atom stereocenters. The summed E-state index contributed by atoms with van der Waals surface area (Å²) in [6.07, 6.45) is 6.90. The highest BCUT2D eigenvalue weighted by molar-refractivity contribution is 5.77. The number of aromatic nitrogens is 1. The Bertz CT molecular complexity index is 864. The van der Waals surface area contributed by atoms with Gasteiger partial charge in [0.15, 0.2) is 0 Å². The van der Waals surface area contributed by atoms with Crippen LogP contribution in [-0.4, -0.2) is 4.98 Å². The molecule has 0 N–H and O–H groups in total. The fraction of sp³-hybridized carbons (Fsp3) is 0.0870. The smallest absolute Gasteiger partial charge is 0.0494 e. The second-order valence-electron chi connectivity index (χ2n) is 5.71. The first-order valence-electron chi connectivity index (χ1n) is 8.40. The fourth-order valence-corrected chi connectivity index (χ4v) is 3.18. The van der Waals surface area contributed by atoms with Crippen molar-refractivity contribution in [3.8, 4) is 11.1 Å². The molecule has 3 aromatic rings. The average Bonchev–Trinajstić information content (AvgIpc) is 3.09. The fourth-order valence-electron chi connectivity index (χ4n) is 3.18. The molecule has 2 heteroatoms. The summed E-state index contributed by atoms with van der Waals surface area (Å²) in [5, 5.41) is 0. The zero-order valence-corrected chi connectivity index (χ0v) is 14.5. The minimum atomic E-state index is 0.997. The Labute approximate surface area is 149 Å². The lowest BCUT2D eigenvalue weighted by molar-refractivity contribution is 1.14. The molecule has 0 bridgehead atoms. The monoisotopic (exact) mass is 326 g/mol. The Hall–Kier alpha value is -3.13. The number of anilines is 2. The number of para-hydroxylation sites is 1. The molecule has 2 aromatic carbocycles. The van der Waals surface area contributed by atoms with Gasteiger partial charge in [-0.3, -0.25) is 4.98 Å². The first-order chi connectivity index (χ1) is 12.4. The van der Waals surface area contributed by atoms with E-state index in [9.17, 15) is 0 Å². The summed E-state index contributed by atoms with van der Waals surface area (Å²) < 4.78 is 0. The molecule has 0 radical (unpaired) electrons. The first-order valence-corrected chi connectivity index (χ1v) is 8.40. The van der Waals surface area contributed by atoms with Crippen LogP contribution in [-0.2, 0) is 6.42 Å². The van der Waals surface area contributed by atoms with Gasteiger partial charge in [0.1, 0.15) is 0 Å². The second-order valence-corrected chi connectivity index (χ2v) is 5.71. The topological polar surface area (TPSA) is 16.1 Å². The third-order valence-corrected chi connectivity index (χ3v) is 4.34. The molecule has 0 aliphatic carbocycles. The zero-order valence-electron chi connectivity index (χ0n) is 14.5. The number of rotatable bonds is 2. The molecule has 25 heavy (non-hydrogen) atoms. The Morgan fingerprint density at radius 3 is 2.36 bits per heavy atom. The predicted molar refractivity (Wildman–Crippen MR) is 107 cm³/mol. The van der Waals surface area contributed by atoms with E-state index >= 15 is 0 Å². The van der Waals surface area contributed by atoms with Crippen LogP contribution in [0.5, 0.6) is 0 Å². The molecular weight excluding hydrogens is 304 g/mol. The van der Waals surface area contributed by atoms with Crippen molar-refractivity contribution in [2.75, 3.05) is 4.90 Å². The summed E-state index contributed by atoms with van der Waals surface area (Å²) in [4.78, 5) is 6.55. The van der Waals surface area contributed by atoms with Gasteiger partial charge in [-0.05, 0) is 47.9 Å². The Balaban J connectivity index is 0.000000880. The van der Waals surface area contributed by atoms with Crippen LogP contribution in [0.4, 0.5) is 11.4 Å². The van der Waals surface area contributed by atoms with Crippen LogP contribution in [0.25, 0.3) is 11.1 Å². The van der Waals surface area contributed by atoms with Gasteiger partial charge in [0.25, 0.3) is 0 Å². The standard InChI is InChI=1S/C21H18N2.C2H4/c1-2-19-14-17-6-3-4-8-21(17)23(19)20-11-9-16(10-12-20)18-7-5-13-22-15-18;1-2/h2-13,15H,14H2,1H3;1-2H2/b19-2+;. The van der Waals surface area contributed by atoms with E-state index in [1.165, 1.54) is 28.2 Å². The quantitative estimate of drug-likeness (QED) is 0.525. The van der Waals surface area contributed by atoms with Crippen LogP contribution < -0.4 is 4.90 Å². The third kappa shape index (κ3) is 3.24. The molecule has 0 saturated carbocycles. The van der Waals surface area contributed by atoms with E-state index in [0.29, 0.717) is 0 Å². The van der Waals surface area contributed by atoms with Gasteiger partial charge in [-0.25, -0.2) is 0 Å². The van der Waals surface area contributed by atoms with Crippen molar-refractivity contribution >= 4 is 11.4 Å². The van der Waals surface area contributed by atoms with Crippen LogP contribution in [0.3, 0.4) is 0 Å². The number of benzene rings is 2. The molecule has 2 nitrogen and oxygen atoms in total. The molecule has 0 spiro atoms. The van der Waals surface area contributed by atoms with Crippen molar-refractivity contribution in [1.82, 2.24) is 4.98 Å². The van der Waals surface area contributed by atoms with Crippen LogP contribution >= 0.6 is 0 Å². The van der Waals surface area contributed by atoms with Crippen LogP contribution in [0.2, 0.25) is 0 Å². The number of nitrogens with zero attached hydrogens (tertiary/aromatic N) is 2. The number of allylic oxidation sites excluding steroid dienone is 2. The summed E-state index contributed by atoms with van der Waals surface area (Å²) in [5.74, 6) is 0. The minimum Gasteiger partial charge on any atom is -0.314 e. The second kappa shape index (κ2) is 7.63. The van der Waals surface area contributed by atoms with Gasteiger partial charge in [0.05, 0.1) is 0 Å². The maximum absolute atomic E-state index is 4.20. The van der Waals surface area contributed by atoms with Crippen LogP contribution in [0.1, 0.15) is 12.5 Å². The van der Waals surface area contributed by atoms with Gasteiger partial charge in [0, 0.05) is 35.9 Å². The molecule has 0 amide bonds. The molecule has 1 aromatic heterocycles. The molecule has 0 saturated heterocycles. The van der Waals surface area contributed by atoms with Crippen molar-refractivity contribution in [3.05, 3.63) is 104 Å². The van der Waals surface area contributed by atoms with E-state index in [1.807, 2.05) is 12.3 Å². The lowest BCUT2D eigenvalue weighted by Gasteiger charge is -2.22. The summed E-state index contributed by atoms with van der Waals surface area (Å²) in [6.45, 7) is 8.11. The number of pyridine rings is 1. The van der Waals surface area contributed by atoms with Gasteiger partial charge in [-0.15, -0.1) is 13.2 Å². The summed E-state index contributed by atoms with van der Waals surface area (Å²) in [7, 11) is 0. The molecule has 124 valence electrons. The van der Waals surface area contributed by atoms with E-state index in [-0.39, 0.29) is 0 Å². The SMILES string of the molecule is C/C=C1\Cc2ccccc2N1c1ccc(-c2cccnc2)cc1.C=C. The van der Waals surface area contributed by atoms with Crippen LogP contribution in [0.15, 0.2) is 98.0 Å². The summed E-state index contributed by atoms with van der Waals surface area (Å²) in [5.41, 5.74) is 7.55. The lowest BCUT2D eigenvalue weighted by Crippen LogP contribution is -2.11. The average molecular weight is 326 g/mol. The van der Waals surface area contributed by atoms with Crippen LogP contribution in [0, 0.1) is 0 Å². The van der Waals surface area contributed by atoms with Gasteiger partial charge in [-0.2, -0.15) is 0 Å². The van der Waals surface area contributed by atoms with E-state index in [0.717, 1.165) is 12.0 Å². The van der Waals surface area contributed by atoms with E-state index < -0.39 is 0 Å². The lowest BCUT2D eigenvalue weighted by atomic mass is 10.1. The number of hydrogen-bond donors (Lipinski definition) is 0. The molecular formula is C23H22N2. The van der Waals surface area contributed by atoms with Crippen molar-refractivity contribution in [2.24, 2.45) is 0 Å². The molecule has 1 aliphatic rings. The van der Waals surface area contributed by atoms with Gasteiger partial charge in [-0.1, -0.05) is 42.5 Å². The minimum absolute atomic E-state index is 0.997. The highest BCUT2D eigenvalue weighted by atomic mass is 15.2. The highest BCUT2D eigenvalue weighted by Gasteiger charge is 2.24. The Morgan fingerprint density at radius 1 is 0.920 bits per heavy atom. The molecule has 0 fully saturated rings. The largest absolute Gasteiger partial charge is 0.314 e. The van der Waals surface area contributed by atoms with Gasteiger partial charge in [0.2, 0.25) is 0 Å². The van der Waals surface area contributed by atoms with Crippen molar-refractivity contribution in [2.45, 2.75) is 13.3 Å². The summed E-state index contributed by atoms with van der Waals surface area (Å²) in [6, 6.07) is 21.4. The van der Waals surface area contributed by atoms with Crippen molar-refractivity contribution in [3.63, 3.8) is 0 Å².